The third-order valence-corrected chi connectivity index (χ3v) is 12.5. The molecule has 0 atom stereocenters. The van der Waals surface area contributed by atoms with Gasteiger partial charge in [-0.2, -0.15) is 16.8 Å². The minimum Gasteiger partial charge on any atom is -0.390 e. The topological polar surface area (TPSA) is 138 Å². The average molecular weight is 767 g/mol. The molecule has 3 N–H and O–H groups in total. The van der Waals surface area contributed by atoms with Crippen LogP contribution in [-0.2, 0) is 31.1 Å². The molecule has 0 amide bonds. The maximum Gasteiger partial charge on any atom is 0.264 e. The third kappa shape index (κ3) is 9.40. The van der Waals surface area contributed by atoms with Gasteiger partial charge < -0.3 is 14.9 Å². The van der Waals surface area contributed by atoms with Crippen LogP contribution in [-0.4, -0.2) is 86.1 Å². The Bertz CT molecular complexity index is 1920. The molecule has 0 radical (unpaired) electrons. The van der Waals surface area contributed by atoms with Crippen LogP contribution in [0.2, 0.25) is 0 Å². The van der Waals surface area contributed by atoms with E-state index in [-0.39, 0.29) is 28.9 Å². The fourth-order valence-corrected chi connectivity index (χ4v) is 9.36. The molecule has 5 rings (SSSR count). The minimum absolute atomic E-state index is 0.0160. The first-order valence-electron chi connectivity index (χ1n) is 18.6. The number of para-hydroxylation sites is 2. The van der Waals surface area contributed by atoms with Crippen LogP contribution < -0.4 is 9.80 Å². The van der Waals surface area contributed by atoms with E-state index in [4.69, 9.17) is 0 Å². The lowest BCUT2D eigenvalue weighted by molar-refractivity contribution is -0.499. The van der Waals surface area contributed by atoms with Gasteiger partial charge in [-0.15, -0.1) is 0 Å². The Hall–Kier alpha value is -3.55. The van der Waals surface area contributed by atoms with Crippen molar-refractivity contribution in [1.29, 1.82) is 0 Å². The minimum atomic E-state index is -4.02. The predicted octanol–water partition coefficient (Wildman–Crippen LogP) is 6.80. The molecule has 0 bridgehead atoms. The lowest BCUT2D eigenvalue weighted by Gasteiger charge is -2.28. The van der Waals surface area contributed by atoms with Crippen LogP contribution in [0.15, 0.2) is 95.4 Å². The number of fused-ring (bicyclic) bond motifs is 2. The van der Waals surface area contributed by atoms with E-state index in [1.54, 1.807) is 0 Å². The molecule has 3 aliphatic rings. The zero-order valence-corrected chi connectivity index (χ0v) is 33.4. The van der Waals surface area contributed by atoms with E-state index in [2.05, 4.69) is 90.6 Å². The first-order valence-corrected chi connectivity index (χ1v) is 21.8. The molecule has 288 valence electrons. The summed E-state index contributed by atoms with van der Waals surface area (Å²) in [4.78, 5) is 4.56. The van der Waals surface area contributed by atoms with Crippen molar-refractivity contribution in [3.8, 4) is 0 Å². The molecule has 0 spiro atoms. The molecule has 10 nitrogen and oxygen atoms in total. The number of allylic oxidation sites excluding steroid dienone is 8. The summed E-state index contributed by atoms with van der Waals surface area (Å²) in [7, 11) is -6.02. The van der Waals surface area contributed by atoms with Gasteiger partial charge in [0, 0.05) is 57.8 Å². The summed E-state index contributed by atoms with van der Waals surface area (Å²) in [5.74, 6) is -0.518. The lowest BCUT2D eigenvalue weighted by atomic mass is 9.82. The van der Waals surface area contributed by atoms with Gasteiger partial charge in [0.1, 0.15) is 13.7 Å². The zero-order valence-electron chi connectivity index (χ0n) is 31.8. The van der Waals surface area contributed by atoms with Crippen LogP contribution in [0.25, 0.3) is 0 Å². The van der Waals surface area contributed by atoms with Crippen molar-refractivity contribution in [3.05, 3.63) is 107 Å². The number of anilines is 2. The van der Waals surface area contributed by atoms with Crippen molar-refractivity contribution >= 4 is 37.3 Å². The highest BCUT2D eigenvalue weighted by molar-refractivity contribution is 7.86. The summed E-state index contributed by atoms with van der Waals surface area (Å²) in [6.45, 7) is 10.6. The molecule has 2 aliphatic heterocycles. The third-order valence-electron chi connectivity index (χ3n) is 10.9. The number of unbranched alkanes of at least 4 members (excludes halogenated alkanes) is 2. The monoisotopic (exact) mass is 766 g/mol. The molecule has 1 saturated carbocycles. The highest BCUT2D eigenvalue weighted by Gasteiger charge is 2.41. The standard InChI is InChI=1S/C41H55N3O7S2/c1-40(2)33-17-6-8-19-35(33)43(25-10-12-29-52(46,47)48)37(40)23-21-31-15-14-16-32(39(31)42(5)27-28-45)22-24-38-41(3,4)34-18-7-9-20-36(34)44(38)26-11-13-30-53(49,50)51/h6-9,17-24,45H,10-16,25-30H2,1-5H3,(H-,46,47,48,49,50,51)/p+1. The summed E-state index contributed by atoms with van der Waals surface area (Å²) < 4.78 is 66.3. The molecule has 0 saturated heterocycles. The molecular weight excluding hydrogens is 711 g/mol. The largest absolute Gasteiger partial charge is 0.390 e. The molecule has 12 heteroatoms. The van der Waals surface area contributed by atoms with Crippen molar-refractivity contribution < 1.29 is 35.6 Å². The Labute approximate surface area is 316 Å². The second kappa shape index (κ2) is 16.4. The first kappa shape index (κ1) is 40.6. The molecule has 0 unspecified atom stereocenters. The number of aliphatic hydroxyl groups excluding tert-OH is 1. The normalized spacial score (nSPS) is 21.2. The van der Waals surface area contributed by atoms with Crippen LogP contribution in [0.1, 0.15) is 83.8 Å². The molecular formula is C41H56N3O7S2+. The number of nitrogens with zero attached hydrogens (tertiary/aromatic N) is 3. The van der Waals surface area contributed by atoms with E-state index in [0.29, 0.717) is 45.3 Å². The summed E-state index contributed by atoms with van der Waals surface area (Å²) in [6, 6.07) is 16.7. The van der Waals surface area contributed by atoms with Gasteiger partial charge in [0.25, 0.3) is 20.2 Å². The van der Waals surface area contributed by atoms with Crippen LogP contribution in [0.3, 0.4) is 0 Å². The number of benzene rings is 2. The zero-order chi connectivity index (χ0) is 38.6. The number of rotatable bonds is 14. The van der Waals surface area contributed by atoms with Gasteiger partial charge in [0.2, 0.25) is 5.71 Å². The highest BCUT2D eigenvalue weighted by Crippen LogP contribution is 2.49. The van der Waals surface area contributed by atoms with E-state index in [1.165, 1.54) is 22.3 Å². The molecule has 2 heterocycles. The van der Waals surface area contributed by atoms with E-state index >= 15 is 0 Å². The lowest BCUT2D eigenvalue weighted by Crippen LogP contribution is -2.29. The Balaban J connectivity index is 1.51. The molecule has 1 fully saturated rings. The predicted molar refractivity (Wildman–Crippen MR) is 214 cm³/mol. The molecule has 2 aromatic rings. The van der Waals surface area contributed by atoms with Gasteiger partial charge in [-0.05, 0) is 80.4 Å². The number of hydrogen-bond acceptors (Lipinski definition) is 7. The number of aliphatic hydroxyl groups is 1. The average Bonchev–Trinajstić information content (AvgIpc) is 3.44. The maximum absolute atomic E-state index is 11.4. The molecule has 0 aromatic heterocycles. The van der Waals surface area contributed by atoms with Crippen LogP contribution in [0.5, 0.6) is 0 Å². The fraction of sp³-hybridized carbons (Fsp3) is 0.488. The second-order valence-corrected chi connectivity index (χ2v) is 18.6. The van der Waals surface area contributed by atoms with Crippen LogP contribution >= 0.6 is 0 Å². The smallest absolute Gasteiger partial charge is 0.264 e. The van der Waals surface area contributed by atoms with E-state index in [0.717, 1.165) is 47.7 Å². The summed E-state index contributed by atoms with van der Waals surface area (Å²) in [5, 5.41) is 10.0. The van der Waals surface area contributed by atoms with E-state index in [9.17, 15) is 31.0 Å². The van der Waals surface area contributed by atoms with Gasteiger partial charge in [-0.25, -0.2) is 4.58 Å². The van der Waals surface area contributed by atoms with Crippen molar-refractivity contribution in [2.24, 2.45) is 0 Å². The summed E-state index contributed by atoms with van der Waals surface area (Å²) in [5.41, 5.74) is 9.74. The van der Waals surface area contributed by atoms with Gasteiger partial charge in [-0.3, -0.25) is 9.11 Å². The first-order chi connectivity index (χ1) is 25.0. The molecule has 1 aliphatic carbocycles. The Morgan fingerprint density at radius 1 is 0.679 bits per heavy atom. The molecule has 2 aromatic carbocycles. The van der Waals surface area contributed by atoms with Crippen molar-refractivity contribution in [2.75, 3.05) is 54.6 Å². The summed E-state index contributed by atoms with van der Waals surface area (Å²) in [6.07, 6.45) is 13.5. The fourth-order valence-electron chi connectivity index (χ4n) is 8.22. The van der Waals surface area contributed by atoms with E-state index < -0.39 is 20.2 Å². The number of likely N-dealkylation sites (N-methyl/N-ethyl adjacent to an activating group) is 1. The Morgan fingerprint density at radius 3 is 1.49 bits per heavy atom. The molecule has 53 heavy (non-hydrogen) atoms. The SMILES string of the molecule is C[N+](CCO)=C1/C(=C/C=C2/N(CCCCS(=O)(=O)O)c3ccccc3C2(C)C)CCC/C1=C\C=C1\N(CCCCS(=O)(=O)O)c2ccccc2C1(C)C. The van der Waals surface area contributed by atoms with Crippen molar-refractivity contribution in [2.45, 2.75) is 83.5 Å². The van der Waals surface area contributed by atoms with E-state index in [1.807, 2.05) is 31.3 Å². The Kier molecular flexibility index (Phi) is 12.6. The van der Waals surface area contributed by atoms with Gasteiger partial charge in [0.15, 0.2) is 6.54 Å². The van der Waals surface area contributed by atoms with Crippen molar-refractivity contribution in [3.63, 3.8) is 0 Å². The van der Waals surface area contributed by atoms with Crippen LogP contribution in [0, 0.1) is 0 Å². The van der Waals surface area contributed by atoms with Gasteiger partial charge >= 0.3 is 0 Å². The number of hydrogen-bond donors (Lipinski definition) is 3. The highest BCUT2D eigenvalue weighted by atomic mass is 32.2. The summed E-state index contributed by atoms with van der Waals surface area (Å²) >= 11 is 0. The van der Waals surface area contributed by atoms with Gasteiger partial charge in [0.05, 0.1) is 11.5 Å². The Morgan fingerprint density at radius 2 is 1.09 bits per heavy atom. The second-order valence-electron chi connectivity index (χ2n) is 15.4. The van der Waals surface area contributed by atoms with Crippen molar-refractivity contribution in [1.82, 2.24) is 0 Å². The quantitative estimate of drug-likeness (QED) is 0.108. The van der Waals surface area contributed by atoms with Crippen LogP contribution in [0.4, 0.5) is 11.4 Å². The maximum atomic E-state index is 11.4. The van der Waals surface area contributed by atoms with Gasteiger partial charge in [-0.1, -0.05) is 76.2 Å².